The van der Waals surface area contributed by atoms with Gasteiger partial charge in [0.1, 0.15) is 5.00 Å². The molecule has 0 aliphatic carbocycles. The summed E-state index contributed by atoms with van der Waals surface area (Å²) in [6, 6.07) is 45.4. The molecule has 0 aliphatic rings. The Morgan fingerprint density at radius 1 is 0.536 bits per heavy atom. The summed E-state index contributed by atoms with van der Waals surface area (Å²) in [7, 11) is -13.4. The summed E-state index contributed by atoms with van der Waals surface area (Å²) >= 11 is 3.13. The van der Waals surface area contributed by atoms with Gasteiger partial charge in [0.25, 0.3) is 17.1 Å². The number of azo groups is 1. The number of fused-ring (bicyclic) bond motifs is 3. The van der Waals surface area contributed by atoms with Gasteiger partial charge in [0, 0.05) is 90.1 Å². The van der Waals surface area contributed by atoms with Gasteiger partial charge in [-0.15, -0.1) is 19.7 Å². The normalized spacial score (nSPS) is 11.6. The van der Waals surface area contributed by atoms with Crippen molar-refractivity contribution in [1.29, 1.82) is 0 Å². The molecule has 1 unspecified atom stereocenters. The maximum Gasteiger partial charge on any atom is 0.425 e. The molecule has 10 aromatic rings. The van der Waals surface area contributed by atoms with Crippen molar-refractivity contribution in [3.8, 4) is 0 Å². The monoisotopic (exact) mass is 1450 g/mol. The summed E-state index contributed by atoms with van der Waals surface area (Å²) in [6.45, 7) is 16.6. The molecule has 0 saturated carbocycles. The van der Waals surface area contributed by atoms with Crippen molar-refractivity contribution >= 4 is 147 Å². The lowest BCUT2D eigenvalue weighted by molar-refractivity contribution is -0.384. The predicted octanol–water partition coefficient (Wildman–Crippen LogP) is 15.6. The van der Waals surface area contributed by atoms with E-state index in [4.69, 9.17) is 43.5 Å². The van der Waals surface area contributed by atoms with Crippen LogP contribution in [0.15, 0.2) is 170 Å². The first-order valence-corrected chi connectivity index (χ1v) is 34.2. The standard InChI is InChI=1S/C25H25N5O2S.C18H23N.C7H4N4O6S2.C7H5N3O2S.CH4.H3NO5S.H2O4S/c1-4-19-14-20(29(5-2)16-18-8-6-17(3)7-9-18)10-12-23(19)26-27-25-22-15-21(30(31)32)11-13-24(22)28-33-25;1-4-16-7-6-8-18(13-16)19(5-2)14-17-11-9-15(3)10-12-17;12-11(13)4-1-2-6-5(3-4)7(18-9-6)8-10-19(15,16)17-14;8-7-5-3-4(10(11)12)1-2-6(5)9-13-7;;2-1-7(4,5)6-3;1-5(2,3)4/h6-15H,4-5,16H2,1-3H3;6-13H,4-5,14H2,1-3H3;1-3,14H;1-3H,8H2;1H4;2-3H,(H,1,4,5);(H2,1,2,3,4). The highest BCUT2D eigenvalue weighted by Gasteiger charge is 2.17. The van der Waals surface area contributed by atoms with E-state index in [-0.39, 0.29) is 34.9 Å². The number of aromatic nitrogens is 3. The van der Waals surface area contributed by atoms with Crippen LogP contribution >= 0.6 is 34.6 Å². The number of nitrogens with two attached hydrogens (primary N) is 1. The van der Waals surface area contributed by atoms with Crippen LogP contribution in [0.1, 0.15) is 68.5 Å². The van der Waals surface area contributed by atoms with E-state index in [0.29, 0.717) is 37.3 Å². The average molecular weight is 1460 g/mol. The van der Waals surface area contributed by atoms with E-state index in [0.717, 1.165) is 79.0 Å². The van der Waals surface area contributed by atoms with Crippen LogP contribution in [0.5, 0.6) is 0 Å². The second-order valence-corrected chi connectivity index (χ2v) is 25.1. The number of hydrogen-bond acceptors (Lipinski definition) is 28. The molecule has 10 rings (SSSR count). The van der Waals surface area contributed by atoms with Crippen LogP contribution < -0.4 is 15.5 Å². The summed E-state index contributed by atoms with van der Waals surface area (Å²) in [5.41, 5.74) is 18.2. The number of aryl methyl sites for hydroxylation is 4. The quantitative estimate of drug-likeness (QED) is 0.0130. The number of nitrogens with zero attached hydrogens (tertiary/aromatic N) is 13. The molecule has 0 saturated heterocycles. The molecule has 39 heteroatoms. The minimum atomic E-state index is -4.67. The van der Waals surface area contributed by atoms with Crippen LogP contribution in [0.25, 0.3) is 32.7 Å². The van der Waals surface area contributed by atoms with Crippen LogP contribution in [-0.2, 0) is 65.6 Å². The average Bonchev–Trinajstić information content (AvgIpc) is 1.73. The Balaban J connectivity index is 0.000000270. The fraction of sp³-hybridized carbons (Fsp3) is 0.224. The highest BCUT2D eigenvalue weighted by atomic mass is 32.3. The van der Waals surface area contributed by atoms with Crippen molar-refractivity contribution < 1.29 is 73.9 Å². The van der Waals surface area contributed by atoms with E-state index in [1.165, 1.54) is 87.5 Å². The largest absolute Gasteiger partial charge is 0.425 e. The summed E-state index contributed by atoms with van der Waals surface area (Å²) in [6.07, 6.45) is 1.91. The molecule has 1 atom stereocenters. The number of benzene rings is 7. The highest BCUT2D eigenvalue weighted by Crippen LogP contribution is 2.37. The lowest BCUT2D eigenvalue weighted by atomic mass is 10.1. The second-order valence-electron chi connectivity index (χ2n) is 19.5. The van der Waals surface area contributed by atoms with Gasteiger partial charge in [0.05, 0.1) is 37.0 Å². The molecule has 8 N–H and O–H groups in total. The third-order valence-corrected chi connectivity index (χ3v) is 16.1. The molecule has 97 heavy (non-hydrogen) atoms. The van der Waals surface area contributed by atoms with E-state index in [9.17, 15) is 43.0 Å². The van der Waals surface area contributed by atoms with Gasteiger partial charge in [0.15, 0.2) is 10.0 Å². The number of nitro benzene ring substituents is 3. The first-order valence-electron chi connectivity index (χ1n) is 27.7. The summed E-state index contributed by atoms with van der Waals surface area (Å²) in [5, 5.41) is 69.8. The Morgan fingerprint density at radius 2 is 0.969 bits per heavy atom. The van der Waals surface area contributed by atoms with E-state index in [1.54, 1.807) is 16.7 Å². The molecule has 3 heterocycles. The van der Waals surface area contributed by atoms with E-state index in [1.807, 2.05) is 6.07 Å². The fourth-order valence-corrected chi connectivity index (χ4v) is 10.5. The smallest absolute Gasteiger partial charge is 0.389 e. The SMILES string of the molecule is C.CCc1cc(N(CC)Cc2ccc(C)cc2)ccc1N=Nc1snc2ccc([N+](=O)[O-])cc12.CCc1cccc(N(CC)Cc2ccc(C)cc2)c1.Nc1snc2ccc([N+](=O)[O-])cc12.O=S(=O)(O)O.O=S(O)(=NO)OO.O=[N+]([O-])c1ccc2nsc(N=NS(=O)(=O)OO)c2c1. The van der Waals surface area contributed by atoms with Crippen LogP contribution in [0.2, 0.25) is 0 Å². The van der Waals surface area contributed by atoms with Crippen LogP contribution in [-0.4, -0.2) is 91.4 Å². The lowest BCUT2D eigenvalue weighted by Crippen LogP contribution is -2.22. The van der Waals surface area contributed by atoms with Gasteiger partial charge in [-0.25, -0.2) is 10.5 Å². The summed E-state index contributed by atoms with van der Waals surface area (Å²) in [4.78, 5) is 35.5. The Hall–Kier alpha value is -9.46. The Kier molecular flexibility index (Phi) is 31.1. The third kappa shape index (κ3) is 25.6. The third-order valence-electron chi connectivity index (χ3n) is 13.0. The maximum absolute atomic E-state index is 11.1. The van der Waals surface area contributed by atoms with Crippen molar-refractivity contribution in [2.24, 2.45) is 24.4 Å². The Labute approximate surface area is 568 Å². The van der Waals surface area contributed by atoms with Gasteiger partial charge in [-0.2, -0.15) is 34.2 Å². The first kappa shape index (κ1) is 80.0. The number of non-ortho nitro benzene ring substituents is 3. The number of nitro groups is 3. The number of nitrogen functional groups attached to an aromatic ring is 1. The molecule has 33 nitrogen and oxygen atoms in total. The van der Waals surface area contributed by atoms with Crippen molar-refractivity contribution in [1.82, 2.24) is 13.1 Å². The predicted molar refractivity (Wildman–Crippen MR) is 372 cm³/mol. The Bertz CT molecular complexity index is 4710. The molecule has 0 bridgehead atoms. The molecule has 3 aromatic heterocycles. The summed E-state index contributed by atoms with van der Waals surface area (Å²) in [5.74, 6) is 0. The number of rotatable bonds is 19. The maximum atomic E-state index is 11.1. The summed E-state index contributed by atoms with van der Waals surface area (Å²) < 4.78 is 93.1. The van der Waals surface area contributed by atoms with Crippen LogP contribution in [0.4, 0.5) is 49.1 Å². The molecule has 7 aromatic carbocycles. The molecule has 0 fully saturated rings. The molecule has 0 amide bonds. The Morgan fingerprint density at radius 3 is 1.37 bits per heavy atom. The van der Waals surface area contributed by atoms with Crippen molar-refractivity contribution in [2.45, 2.75) is 74.9 Å². The van der Waals surface area contributed by atoms with Crippen LogP contribution in [0, 0.1) is 44.2 Å². The zero-order valence-corrected chi connectivity index (χ0v) is 56.3. The van der Waals surface area contributed by atoms with Gasteiger partial charge < -0.3 is 15.5 Å². The van der Waals surface area contributed by atoms with Gasteiger partial charge >= 0.3 is 31.0 Å². The minimum absolute atomic E-state index is 0. The molecular formula is C58H66N14O19S6. The fourth-order valence-electron chi connectivity index (χ4n) is 8.20. The second kappa shape index (κ2) is 37.7. The van der Waals surface area contributed by atoms with E-state index >= 15 is 0 Å². The highest BCUT2D eigenvalue weighted by molar-refractivity contribution is 7.85. The zero-order chi connectivity index (χ0) is 70.9. The van der Waals surface area contributed by atoms with Crippen molar-refractivity contribution in [2.75, 3.05) is 28.6 Å². The minimum Gasteiger partial charge on any atom is -0.389 e. The van der Waals surface area contributed by atoms with E-state index in [2.05, 4.69) is 178 Å². The number of anilines is 3. The van der Waals surface area contributed by atoms with Gasteiger partial charge in [-0.1, -0.05) is 97.4 Å². The van der Waals surface area contributed by atoms with Gasteiger partial charge in [0.2, 0.25) is 0 Å². The van der Waals surface area contributed by atoms with Crippen molar-refractivity contribution in [3.05, 3.63) is 209 Å². The topological polar surface area (TPSA) is 488 Å². The molecule has 0 radical (unpaired) electrons. The van der Waals surface area contributed by atoms with Gasteiger partial charge in [-0.05, 0) is 155 Å². The van der Waals surface area contributed by atoms with Gasteiger partial charge in [-0.3, -0.25) is 49.2 Å². The first-order chi connectivity index (χ1) is 45.4. The molecule has 0 aliphatic heterocycles. The lowest BCUT2D eigenvalue weighted by Gasteiger charge is -2.24. The van der Waals surface area contributed by atoms with Crippen molar-refractivity contribution in [3.63, 3.8) is 0 Å². The van der Waals surface area contributed by atoms with E-state index < -0.39 is 45.8 Å². The molecule has 0 spiro atoms. The number of hydrogen-bond donors (Lipinski definition) is 7. The molecular weight excluding hydrogens is 1390 g/mol. The molecule has 518 valence electrons. The van der Waals surface area contributed by atoms with Crippen LogP contribution in [0.3, 0.4) is 0 Å². The zero-order valence-electron chi connectivity index (χ0n) is 51.4.